The van der Waals surface area contributed by atoms with Crippen LogP contribution in [-0.4, -0.2) is 13.7 Å². The predicted molar refractivity (Wildman–Crippen MR) is 59.4 cm³/mol. The van der Waals surface area contributed by atoms with Crippen molar-refractivity contribution in [2.24, 2.45) is 0 Å². The summed E-state index contributed by atoms with van der Waals surface area (Å²) < 4.78 is 1.33. The van der Waals surface area contributed by atoms with Crippen LogP contribution in [0.25, 0.3) is 10.1 Å². The number of nitrogens with one attached hydrogen (secondary N) is 2. The fourth-order valence-corrected chi connectivity index (χ4v) is 2.22. The highest BCUT2D eigenvalue weighted by atomic mass is 32.1. The molecule has 2 N–H and O–H groups in total. The molecule has 1 aromatic heterocycles. The second-order valence-electron chi connectivity index (χ2n) is 2.85. The van der Waals surface area contributed by atoms with Gasteiger partial charge in [0, 0.05) is 15.5 Å². The molecular weight excluding hydrogens is 180 g/mol. The maximum Gasteiger partial charge on any atom is 0.0651 e. The van der Waals surface area contributed by atoms with Gasteiger partial charge in [-0.3, -0.25) is 0 Å². The standard InChI is InChI=1S/C10H12N2S/c1-11-7-12-9-6-13-10-5-3-2-4-8(9)10/h2-6,11-12H,7H2,1H3. The van der Waals surface area contributed by atoms with Crippen LogP contribution in [-0.2, 0) is 0 Å². The first-order chi connectivity index (χ1) is 6.42. The molecule has 68 valence electrons. The van der Waals surface area contributed by atoms with Gasteiger partial charge in [0.25, 0.3) is 0 Å². The number of rotatable bonds is 3. The second-order valence-corrected chi connectivity index (χ2v) is 3.76. The van der Waals surface area contributed by atoms with Gasteiger partial charge in [0.05, 0.1) is 12.4 Å². The molecule has 0 bridgehead atoms. The van der Waals surface area contributed by atoms with Crippen molar-refractivity contribution in [2.45, 2.75) is 0 Å². The number of benzene rings is 1. The average molecular weight is 192 g/mol. The Morgan fingerprint density at radius 1 is 1.31 bits per heavy atom. The summed E-state index contributed by atoms with van der Waals surface area (Å²) in [5.74, 6) is 0. The van der Waals surface area contributed by atoms with E-state index in [9.17, 15) is 0 Å². The normalized spacial score (nSPS) is 10.5. The highest BCUT2D eigenvalue weighted by Crippen LogP contribution is 2.29. The van der Waals surface area contributed by atoms with Crippen LogP contribution in [0.2, 0.25) is 0 Å². The van der Waals surface area contributed by atoms with Gasteiger partial charge in [-0.15, -0.1) is 11.3 Å². The van der Waals surface area contributed by atoms with Crippen molar-refractivity contribution in [1.82, 2.24) is 5.32 Å². The lowest BCUT2D eigenvalue weighted by Crippen LogP contribution is -2.16. The van der Waals surface area contributed by atoms with Crippen LogP contribution in [0.15, 0.2) is 29.6 Å². The van der Waals surface area contributed by atoms with Gasteiger partial charge in [-0.1, -0.05) is 18.2 Å². The number of anilines is 1. The van der Waals surface area contributed by atoms with Crippen LogP contribution in [0.1, 0.15) is 0 Å². The minimum Gasteiger partial charge on any atom is -0.371 e. The zero-order valence-corrected chi connectivity index (χ0v) is 8.32. The van der Waals surface area contributed by atoms with Crippen molar-refractivity contribution in [3.63, 3.8) is 0 Å². The van der Waals surface area contributed by atoms with E-state index in [1.165, 1.54) is 15.8 Å². The first-order valence-electron chi connectivity index (χ1n) is 4.26. The van der Waals surface area contributed by atoms with Gasteiger partial charge in [-0.05, 0) is 13.1 Å². The summed E-state index contributed by atoms with van der Waals surface area (Å²) in [5, 5.41) is 9.84. The van der Waals surface area contributed by atoms with E-state index >= 15 is 0 Å². The average Bonchev–Trinajstić information content (AvgIpc) is 2.58. The number of hydrogen-bond acceptors (Lipinski definition) is 3. The quantitative estimate of drug-likeness (QED) is 0.730. The van der Waals surface area contributed by atoms with Gasteiger partial charge in [0.15, 0.2) is 0 Å². The summed E-state index contributed by atoms with van der Waals surface area (Å²) in [6, 6.07) is 8.43. The maximum absolute atomic E-state index is 3.32. The summed E-state index contributed by atoms with van der Waals surface area (Å²) in [6.07, 6.45) is 0. The second kappa shape index (κ2) is 3.77. The molecule has 2 rings (SSSR count). The Bertz CT molecular complexity index is 394. The molecule has 1 heterocycles. The summed E-state index contributed by atoms with van der Waals surface area (Å²) in [7, 11) is 1.93. The SMILES string of the molecule is CNCNc1csc2ccccc12. The van der Waals surface area contributed by atoms with E-state index in [0.29, 0.717) is 0 Å². The van der Waals surface area contributed by atoms with Crippen molar-refractivity contribution in [1.29, 1.82) is 0 Å². The molecule has 0 saturated heterocycles. The van der Waals surface area contributed by atoms with Crippen molar-refractivity contribution < 1.29 is 0 Å². The van der Waals surface area contributed by atoms with Gasteiger partial charge < -0.3 is 10.6 Å². The number of fused-ring (bicyclic) bond motifs is 1. The number of thiophene rings is 1. The number of hydrogen-bond donors (Lipinski definition) is 2. The first-order valence-corrected chi connectivity index (χ1v) is 5.14. The fourth-order valence-electron chi connectivity index (χ4n) is 1.30. The monoisotopic (exact) mass is 192 g/mol. The van der Waals surface area contributed by atoms with E-state index in [1.807, 2.05) is 7.05 Å². The molecule has 0 spiro atoms. The molecule has 0 amide bonds. The van der Waals surface area contributed by atoms with Gasteiger partial charge in [-0.25, -0.2) is 0 Å². The molecule has 0 saturated carbocycles. The molecule has 0 aliphatic carbocycles. The highest BCUT2D eigenvalue weighted by Gasteiger charge is 2.00. The molecule has 0 aliphatic rings. The molecule has 0 radical (unpaired) electrons. The summed E-state index contributed by atoms with van der Waals surface area (Å²) in [4.78, 5) is 0. The Kier molecular flexibility index (Phi) is 2.47. The lowest BCUT2D eigenvalue weighted by molar-refractivity contribution is 0.876. The molecule has 0 fully saturated rings. The molecule has 0 aliphatic heterocycles. The van der Waals surface area contributed by atoms with Gasteiger partial charge in [0.2, 0.25) is 0 Å². The molecule has 0 atom stereocenters. The smallest absolute Gasteiger partial charge is 0.0651 e. The van der Waals surface area contributed by atoms with Gasteiger partial charge in [-0.2, -0.15) is 0 Å². The van der Waals surface area contributed by atoms with Gasteiger partial charge in [0.1, 0.15) is 0 Å². The van der Waals surface area contributed by atoms with Crippen molar-refractivity contribution in [2.75, 3.05) is 19.0 Å². The van der Waals surface area contributed by atoms with Crippen LogP contribution in [0.5, 0.6) is 0 Å². The molecule has 3 heteroatoms. The van der Waals surface area contributed by atoms with Gasteiger partial charge >= 0.3 is 0 Å². The van der Waals surface area contributed by atoms with E-state index in [4.69, 9.17) is 0 Å². The topological polar surface area (TPSA) is 24.1 Å². The van der Waals surface area contributed by atoms with Crippen LogP contribution in [0, 0.1) is 0 Å². The van der Waals surface area contributed by atoms with E-state index in [0.717, 1.165) is 6.67 Å². The molecular formula is C10H12N2S. The largest absolute Gasteiger partial charge is 0.371 e. The molecule has 1 aromatic carbocycles. The molecule has 2 aromatic rings. The van der Waals surface area contributed by atoms with E-state index in [2.05, 4.69) is 40.3 Å². The predicted octanol–water partition coefficient (Wildman–Crippen LogP) is 2.49. The van der Waals surface area contributed by atoms with Crippen molar-refractivity contribution in [3.05, 3.63) is 29.6 Å². The third kappa shape index (κ3) is 1.66. The maximum atomic E-state index is 3.32. The Hall–Kier alpha value is -1.06. The third-order valence-corrected chi connectivity index (χ3v) is 2.90. The molecule has 2 nitrogen and oxygen atoms in total. The first kappa shape index (κ1) is 8.53. The summed E-state index contributed by atoms with van der Waals surface area (Å²) >= 11 is 1.77. The minimum absolute atomic E-state index is 0.806. The van der Waals surface area contributed by atoms with E-state index in [-0.39, 0.29) is 0 Å². The Balaban J connectivity index is 2.35. The Labute approximate surface area is 81.6 Å². The van der Waals surface area contributed by atoms with Crippen LogP contribution in [0.4, 0.5) is 5.69 Å². The fraction of sp³-hybridized carbons (Fsp3) is 0.200. The van der Waals surface area contributed by atoms with Crippen molar-refractivity contribution >= 4 is 27.1 Å². The van der Waals surface area contributed by atoms with Crippen LogP contribution < -0.4 is 10.6 Å². The third-order valence-electron chi connectivity index (χ3n) is 1.94. The zero-order chi connectivity index (χ0) is 9.10. The Morgan fingerprint density at radius 3 is 3.00 bits per heavy atom. The lowest BCUT2D eigenvalue weighted by Gasteiger charge is -2.02. The molecule has 13 heavy (non-hydrogen) atoms. The van der Waals surface area contributed by atoms with E-state index < -0.39 is 0 Å². The van der Waals surface area contributed by atoms with E-state index in [1.54, 1.807) is 11.3 Å². The highest BCUT2D eigenvalue weighted by molar-refractivity contribution is 7.17. The lowest BCUT2D eigenvalue weighted by atomic mass is 10.2. The van der Waals surface area contributed by atoms with Crippen LogP contribution >= 0.6 is 11.3 Å². The molecule has 0 unspecified atom stereocenters. The summed E-state index contributed by atoms with van der Waals surface area (Å²) in [5.41, 5.74) is 1.22. The van der Waals surface area contributed by atoms with Crippen LogP contribution in [0.3, 0.4) is 0 Å². The van der Waals surface area contributed by atoms with Crippen molar-refractivity contribution in [3.8, 4) is 0 Å². The zero-order valence-electron chi connectivity index (χ0n) is 7.50. The minimum atomic E-state index is 0.806. The Morgan fingerprint density at radius 2 is 2.15 bits per heavy atom. The summed E-state index contributed by atoms with van der Waals surface area (Å²) in [6.45, 7) is 0.806.